The lowest BCUT2D eigenvalue weighted by molar-refractivity contribution is -0.140. The molecule has 0 saturated carbocycles. The maximum absolute atomic E-state index is 9.98. The Morgan fingerprint density at radius 2 is 1.73 bits per heavy atom. The fourth-order valence-corrected chi connectivity index (χ4v) is 1.47. The largest absolute Gasteiger partial charge is 0.466 e. The van der Waals surface area contributed by atoms with Crippen LogP contribution in [0.15, 0.2) is 0 Å². The Kier molecular flexibility index (Phi) is 9.85. The van der Waals surface area contributed by atoms with Crippen LogP contribution in [-0.2, 0) is 9.53 Å². The maximum atomic E-state index is 9.98. The first kappa shape index (κ1) is 16.9. The number of carbonyl (C=O) groups excluding carboxylic acids is 1. The van der Waals surface area contributed by atoms with Gasteiger partial charge in [0.15, 0.2) is 0 Å². The van der Waals surface area contributed by atoms with Crippen LogP contribution >= 0.6 is 0 Å². The molecule has 0 amide bonds. The van der Waals surface area contributed by atoms with Gasteiger partial charge >= 0.3 is 5.97 Å². The molecule has 0 aromatic carbocycles. The Morgan fingerprint density at radius 1 is 1.27 bits per heavy atom. The lowest BCUT2D eigenvalue weighted by Gasteiger charge is -2.19. The number of ether oxygens (including phenoxy) is 1. The van der Waals surface area contributed by atoms with Gasteiger partial charge in [0, 0.05) is 6.92 Å². The molecule has 0 aliphatic heterocycles. The average molecular weight is 216 g/mol. The Labute approximate surface area is 95.4 Å². The van der Waals surface area contributed by atoms with E-state index in [0.29, 0.717) is 12.0 Å². The van der Waals surface area contributed by atoms with Crippen LogP contribution in [0.1, 0.15) is 61.3 Å². The van der Waals surface area contributed by atoms with E-state index in [4.69, 9.17) is 0 Å². The van der Waals surface area contributed by atoms with Crippen molar-refractivity contribution in [1.29, 1.82) is 0 Å². The monoisotopic (exact) mass is 216 g/mol. The Bertz CT molecular complexity index is 154. The zero-order valence-corrected chi connectivity index (χ0v) is 11.5. The van der Waals surface area contributed by atoms with Crippen molar-refractivity contribution in [3.05, 3.63) is 0 Å². The number of hydrogen-bond acceptors (Lipinski definition) is 2. The molecular formula is C13H28O2. The minimum atomic E-state index is -0.193. The van der Waals surface area contributed by atoms with E-state index in [2.05, 4.69) is 39.4 Å². The summed E-state index contributed by atoms with van der Waals surface area (Å²) in [7, 11) is 0. The van der Waals surface area contributed by atoms with Gasteiger partial charge in [-0.15, -0.1) is 0 Å². The summed E-state index contributed by atoms with van der Waals surface area (Å²) in [6, 6.07) is 0. The van der Waals surface area contributed by atoms with Crippen LogP contribution in [0, 0.1) is 11.3 Å². The molecule has 2 heteroatoms. The second-order valence-corrected chi connectivity index (χ2v) is 5.50. The normalized spacial score (nSPS) is 10.7. The molecule has 0 bridgehead atoms. The van der Waals surface area contributed by atoms with E-state index in [-0.39, 0.29) is 5.97 Å². The van der Waals surface area contributed by atoms with Crippen molar-refractivity contribution in [2.45, 2.75) is 61.3 Å². The lowest BCUT2D eigenvalue weighted by atomic mass is 9.86. The van der Waals surface area contributed by atoms with E-state index in [1.807, 2.05) is 6.92 Å². The molecule has 0 atom stereocenters. The third kappa shape index (κ3) is 24.7. The van der Waals surface area contributed by atoms with E-state index in [0.717, 1.165) is 12.3 Å². The molecule has 0 rings (SSSR count). The van der Waals surface area contributed by atoms with Crippen LogP contribution < -0.4 is 0 Å². The SMILES string of the molecule is CC(C)CC(C)(C)C.CCCOC(C)=O. The third-order valence-electron chi connectivity index (χ3n) is 1.53. The van der Waals surface area contributed by atoms with Crippen molar-refractivity contribution in [1.82, 2.24) is 0 Å². The van der Waals surface area contributed by atoms with E-state index >= 15 is 0 Å². The molecule has 92 valence electrons. The van der Waals surface area contributed by atoms with Crippen molar-refractivity contribution in [3.63, 3.8) is 0 Å². The van der Waals surface area contributed by atoms with Crippen molar-refractivity contribution in [2.24, 2.45) is 11.3 Å². The molecular weight excluding hydrogens is 188 g/mol. The zero-order chi connectivity index (χ0) is 12.5. The number of hydrogen-bond donors (Lipinski definition) is 0. The molecule has 0 radical (unpaired) electrons. The van der Waals surface area contributed by atoms with Gasteiger partial charge in [-0.2, -0.15) is 0 Å². The predicted molar refractivity (Wildman–Crippen MR) is 65.8 cm³/mol. The number of carbonyl (C=O) groups is 1. The van der Waals surface area contributed by atoms with Crippen LogP contribution in [0.2, 0.25) is 0 Å². The van der Waals surface area contributed by atoms with Crippen LogP contribution in [0.3, 0.4) is 0 Å². The molecule has 0 fully saturated rings. The Hall–Kier alpha value is -0.530. The van der Waals surface area contributed by atoms with Gasteiger partial charge in [-0.1, -0.05) is 41.5 Å². The molecule has 0 heterocycles. The van der Waals surface area contributed by atoms with E-state index in [1.165, 1.54) is 13.3 Å². The van der Waals surface area contributed by atoms with Crippen molar-refractivity contribution < 1.29 is 9.53 Å². The Balaban J connectivity index is 0. The summed E-state index contributed by atoms with van der Waals surface area (Å²) in [4.78, 5) is 9.98. The molecule has 0 saturated heterocycles. The summed E-state index contributed by atoms with van der Waals surface area (Å²) in [5.74, 6) is 0.650. The topological polar surface area (TPSA) is 26.3 Å². The summed E-state index contributed by atoms with van der Waals surface area (Å²) in [6.45, 7) is 15.3. The molecule has 15 heavy (non-hydrogen) atoms. The summed E-state index contributed by atoms with van der Waals surface area (Å²) in [6.07, 6.45) is 2.23. The van der Waals surface area contributed by atoms with Crippen LogP contribution in [-0.4, -0.2) is 12.6 Å². The van der Waals surface area contributed by atoms with Gasteiger partial charge in [0.1, 0.15) is 0 Å². The van der Waals surface area contributed by atoms with Gasteiger partial charge in [-0.3, -0.25) is 4.79 Å². The quantitative estimate of drug-likeness (QED) is 0.666. The average Bonchev–Trinajstić information content (AvgIpc) is 1.96. The summed E-state index contributed by atoms with van der Waals surface area (Å²) in [5, 5.41) is 0. The highest BCUT2D eigenvalue weighted by molar-refractivity contribution is 5.65. The van der Waals surface area contributed by atoms with E-state index < -0.39 is 0 Å². The van der Waals surface area contributed by atoms with Crippen molar-refractivity contribution >= 4 is 5.97 Å². The minimum Gasteiger partial charge on any atom is -0.466 e. The van der Waals surface area contributed by atoms with E-state index in [9.17, 15) is 4.79 Å². The second kappa shape index (κ2) is 8.75. The molecule has 0 aliphatic carbocycles. The molecule has 2 nitrogen and oxygen atoms in total. The fourth-order valence-electron chi connectivity index (χ4n) is 1.47. The highest BCUT2D eigenvalue weighted by Gasteiger charge is 2.11. The molecule has 0 N–H and O–H groups in total. The van der Waals surface area contributed by atoms with Crippen LogP contribution in [0.5, 0.6) is 0 Å². The number of esters is 1. The first-order valence-electron chi connectivity index (χ1n) is 5.82. The smallest absolute Gasteiger partial charge is 0.302 e. The van der Waals surface area contributed by atoms with Gasteiger partial charge in [-0.25, -0.2) is 0 Å². The molecule has 0 spiro atoms. The third-order valence-corrected chi connectivity index (χ3v) is 1.53. The van der Waals surface area contributed by atoms with Gasteiger partial charge in [-0.05, 0) is 24.2 Å². The van der Waals surface area contributed by atoms with Gasteiger partial charge in [0.05, 0.1) is 6.61 Å². The first-order valence-corrected chi connectivity index (χ1v) is 5.82. The maximum Gasteiger partial charge on any atom is 0.302 e. The highest BCUT2D eigenvalue weighted by Crippen LogP contribution is 2.23. The molecule has 0 unspecified atom stereocenters. The van der Waals surface area contributed by atoms with Gasteiger partial charge < -0.3 is 4.74 Å². The van der Waals surface area contributed by atoms with Crippen molar-refractivity contribution in [2.75, 3.05) is 6.61 Å². The summed E-state index contributed by atoms with van der Waals surface area (Å²) < 4.78 is 4.55. The first-order chi connectivity index (χ1) is 6.69. The second-order valence-electron chi connectivity index (χ2n) is 5.50. The molecule has 0 aromatic heterocycles. The van der Waals surface area contributed by atoms with Crippen molar-refractivity contribution in [3.8, 4) is 0 Å². The fraction of sp³-hybridized carbons (Fsp3) is 0.923. The van der Waals surface area contributed by atoms with Gasteiger partial charge in [0.2, 0.25) is 0 Å². The van der Waals surface area contributed by atoms with Crippen LogP contribution in [0.4, 0.5) is 0 Å². The number of rotatable bonds is 3. The zero-order valence-electron chi connectivity index (χ0n) is 11.5. The summed E-state index contributed by atoms with van der Waals surface area (Å²) >= 11 is 0. The van der Waals surface area contributed by atoms with Crippen LogP contribution in [0.25, 0.3) is 0 Å². The Morgan fingerprint density at radius 3 is 1.80 bits per heavy atom. The lowest BCUT2D eigenvalue weighted by Crippen LogP contribution is -2.08. The highest BCUT2D eigenvalue weighted by atomic mass is 16.5. The van der Waals surface area contributed by atoms with Gasteiger partial charge in [0.25, 0.3) is 0 Å². The molecule has 0 aromatic rings. The standard InChI is InChI=1S/C8H18.C5H10O2/c1-7(2)6-8(3,4)5;1-3-4-7-5(2)6/h7H,6H2,1-5H3;3-4H2,1-2H3. The minimum absolute atomic E-state index is 0.193. The predicted octanol–water partition coefficient (Wildman–Crippen LogP) is 4.04. The molecule has 0 aliphatic rings. The summed E-state index contributed by atoms with van der Waals surface area (Å²) in [5.41, 5.74) is 0.522. The van der Waals surface area contributed by atoms with E-state index in [1.54, 1.807) is 0 Å².